The Kier molecular flexibility index (Phi) is 2.01. The van der Waals surface area contributed by atoms with Gasteiger partial charge in [-0.3, -0.25) is 15.0 Å². The minimum Gasteiger partial charge on any atom is -0.508 e. The zero-order chi connectivity index (χ0) is 13.8. The monoisotopic (exact) mass is 262 g/mol. The molecule has 0 aliphatic carbocycles. The number of imide groups is 1. The molecule has 8 heteroatoms. The quantitative estimate of drug-likeness (QED) is 0.385. The largest absolute Gasteiger partial charge is 0.508 e. The molecule has 1 fully saturated rings. The lowest BCUT2D eigenvalue weighted by Crippen LogP contribution is -2.62. The number of urea groups is 2. The van der Waals surface area contributed by atoms with Crippen molar-refractivity contribution < 1.29 is 19.5 Å². The van der Waals surface area contributed by atoms with E-state index in [0.717, 1.165) is 4.90 Å². The van der Waals surface area contributed by atoms with E-state index in [1.54, 1.807) is 0 Å². The lowest BCUT2D eigenvalue weighted by Gasteiger charge is -2.40. The number of carbonyl (C=O) groups excluding carboxylic acids is 3. The van der Waals surface area contributed by atoms with Gasteiger partial charge in [-0.05, 0) is 18.2 Å². The molecular weight excluding hydrogens is 252 g/mol. The second-order valence-corrected chi connectivity index (χ2v) is 4.34. The number of likely N-dealkylation sites (N-methyl/N-ethyl adjacent to an activating group) is 1. The van der Waals surface area contributed by atoms with E-state index in [0.29, 0.717) is 11.3 Å². The molecule has 1 atom stereocenters. The molecule has 1 saturated heterocycles. The van der Waals surface area contributed by atoms with Crippen LogP contribution in [0.1, 0.15) is 5.56 Å². The van der Waals surface area contributed by atoms with Crippen molar-refractivity contribution in [2.45, 2.75) is 5.66 Å². The van der Waals surface area contributed by atoms with Crippen LogP contribution in [0, 0.1) is 0 Å². The molecule has 4 N–H and O–H groups in total. The lowest BCUT2D eigenvalue weighted by atomic mass is 9.93. The fourth-order valence-electron chi connectivity index (χ4n) is 2.34. The smallest absolute Gasteiger partial charge is 0.324 e. The van der Waals surface area contributed by atoms with Crippen LogP contribution in [-0.2, 0) is 10.5 Å². The molecule has 5 amide bonds. The number of benzene rings is 1. The van der Waals surface area contributed by atoms with Crippen molar-refractivity contribution in [3.8, 4) is 5.75 Å². The first kappa shape index (κ1) is 11.3. The second-order valence-electron chi connectivity index (χ2n) is 4.34. The van der Waals surface area contributed by atoms with Crippen molar-refractivity contribution in [2.24, 2.45) is 0 Å². The van der Waals surface area contributed by atoms with E-state index < -0.39 is 23.6 Å². The van der Waals surface area contributed by atoms with Crippen LogP contribution >= 0.6 is 0 Å². The van der Waals surface area contributed by atoms with E-state index in [1.807, 2.05) is 0 Å². The Morgan fingerprint density at radius 3 is 2.58 bits per heavy atom. The van der Waals surface area contributed by atoms with E-state index >= 15 is 0 Å². The number of phenolic OH excluding ortho intramolecular Hbond substituents is 1. The summed E-state index contributed by atoms with van der Waals surface area (Å²) in [6.45, 7) is 0. The van der Waals surface area contributed by atoms with Crippen LogP contribution in [0.2, 0.25) is 0 Å². The number of anilines is 1. The fourth-order valence-corrected chi connectivity index (χ4v) is 2.34. The molecule has 19 heavy (non-hydrogen) atoms. The Morgan fingerprint density at radius 2 is 1.95 bits per heavy atom. The maximum Gasteiger partial charge on any atom is 0.324 e. The van der Waals surface area contributed by atoms with Gasteiger partial charge < -0.3 is 15.7 Å². The van der Waals surface area contributed by atoms with Gasteiger partial charge in [-0.1, -0.05) is 0 Å². The van der Waals surface area contributed by atoms with Crippen molar-refractivity contribution in [3.05, 3.63) is 23.8 Å². The van der Waals surface area contributed by atoms with E-state index in [9.17, 15) is 19.5 Å². The average molecular weight is 262 g/mol. The van der Waals surface area contributed by atoms with Gasteiger partial charge in [0.15, 0.2) is 0 Å². The zero-order valence-corrected chi connectivity index (χ0v) is 9.85. The van der Waals surface area contributed by atoms with Crippen LogP contribution in [0.15, 0.2) is 18.2 Å². The maximum atomic E-state index is 12.1. The Bertz CT molecular complexity index is 629. The molecule has 98 valence electrons. The number of hydrogen-bond acceptors (Lipinski definition) is 4. The molecule has 1 aromatic carbocycles. The van der Waals surface area contributed by atoms with Gasteiger partial charge in [-0.2, -0.15) is 0 Å². The van der Waals surface area contributed by atoms with Crippen LogP contribution in [0.5, 0.6) is 5.75 Å². The minimum absolute atomic E-state index is 0.0726. The van der Waals surface area contributed by atoms with Gasteiger partial charge in [-0.25, -0.2) is 9.59 Å². The van der Waals surface area contributed by atoms with Gasteiger partial charge in [0.2, 0.25) is 5.66 Å². The molecule has 1 spiro atoms. The number of phenols is 1. The maximum absolute atomic E-state index is 12.1. The zero-order valence-electron chi connectivity index (χ0n) is 9.85. The van der Waals surface area contributed by atoms with E-state index in [4.69, 9.17) is 0 Å². The van der Waals surface area contributed by atoms with Crippen molar-refractivity contribution >= 4 is 23.7 Å². The number of nitrogens with one attached hydrogen (secondary N) is 3. The molecule has 0 aromatic heterocycles. The first-order valence-electron chi connectivity index (χ1n) is 5.47. The predicted octanol–water partition coefficient (Wildman–Crippen LogP) is -0.138. The predicted molar refractivity (Wildman–Crippen MR) is 63.2 cm³/mol. The highest BCUT2D eigenvalue weighted by Gasteiger charge is 2.56. The molecule has 0 bridgehead atoms. The highest BCUT2D eigenvalue weighted by molar-refractivity contribution is 6.11. The van der Waals surface area contributed by atoms with Crippen molar-refractivity contribution in [2.75, 3.05) is 12.4 Å². The molecule has 8 nitrogen and oxygen atoms in total. The third-order valence-electron chi connectivity index (χ3n) is 3.29. The summed E-state index contributed by atoms with van der Waals surface area (Å²) in [4.78, 5) is 36.5. The SMILES string of the molecule is CN1C(=O)Nc2ccc(O)cc2C12NC(=O)NC2=O. The van der Waals surface area contributed by atoms with Gasteiger partial charge in [-0.15, -0.1) is 0 Å². The number of aromatic hydroxyl groups is 1. The molecule has 3 rings (SSSR count). The highest BCUT2D eigenvalue weighted by atomic mass is 16.3. The molecule has 2 aliphatic rings. The molecular formula is C11H10N4O4. The summed E-state index contributed by atoms with van der Waals surface area (Å²) >= 11 is 0. The summed E-state index contributed by atoms with van der Waals surface area (Å²) < 4.78 is 0. The summed E-state index contributed by atoms with van der Waals surface area (Å²) in [5.41, 5.74) is -0.968. The van der Waals surface area contributed by atoms with E-state index in [-0.39, 0.29) is 5.75 Å². The van der Waals surface area contributed by atoms with Crippen LogP contribution < -0.4 is 16.0 Å². The average Bonchev–Trinajstić information content (AvgIpc) is 2.64. The normalized spacial score (nSPS) is 24.9. The molecule has 1 aromatic rings. The summed E-state index contributed by atoms with van der Waals surface area (Å²) in [7, 11) is 1.38. The third kappa shape index (κ3) is 1.30. The summed E-state index contributed by atoms with van der Waals surface area (Å²) in [5.74, 6) is -0.738. The molecule has 1 unspecified atom stereocenters. The van der Waals surface area contributed by atoms with E-state index in [2.05, 4.69) is 16.0 Å². The number of hydrogen-bond donors (Lipinski definition) is 4. The van der Waals surface area contributed by atoms with Crippen molar-refractivity contribution in [3.63, 3.8) is 0 Å². The Morgan fingerprint density at radius 1 is 1.21 bits per heavy atom. The van der Waals surface area contributed by atoms with Crippen molar-refractivity contribution in [1.82, 2.24) is 15.5 Å². The van der Waals surface area contributed by atoms with Gasteiger partial charge in [0.25, 0.3) is 5.91 Å². The van der Waals surface area contributed by atoms with E-state index in [1.165, 1.54) is 25.2 Å². The molecule has 2 heterocycles. The Balaban J connectivity index is 2.29. The Labute approximate surface area is 107 Å². The topological polar surface area (TPSA) is 111 Å². The minimum atomic E-state index is -1.63. The first-order chi connectivity index (χ1) is 8.95. The molecule has 2 aliphatic heterocycles. The highest BCUT2D eigenvalue weighted by Crippen LogP contribution is 2.39. The number of fused-ring (bicyclic) bond motifs is 2. The van der Waals surface area contributed by atoms with Gasteiger partial charge >= 0.3 is 12.1 Å². The molecule has 0 radical (unpaired) electrons. The van der Waals surface area contributed by atoms with Crippen LogP contribution in [0.25, 0.3) is 0 Å². The lowest BCUT2D eigenvalue weighted by molar-refractivity contribution is -0.129. The third-order valence-corrected chi connectivity index (χ3v) is 3.29. The fraction of sp³-hybridized carbons (Fsp3) is 0.182. The van der Waals surface area contributed by atoms with Crippen LogP contribution in [0.3, 0.4) is 0 Å². The van der Waals surface area contributed by atoms with Crippen LogP contribution in [0.4, 0.5) is 15.3 Å². The standard InChI is InChI=1S/C11H10N4O4/c1-15-10(19)12-7-3-2-5(16)4-6(7)11(15)8(17)13-9(18)14-11/h2-4,16H,1H3,(H,12,19)(H2,13,14,17,18). The number of rotatable bonds is 0. The van der Waals surface area contributed by atoms with Gasteiger partial charge in [0.1, 0.15) is 5.75 Å². The second kappa shape index (κ2) is 3.37. The van der Waals surface area contributed by atoms with Gasteiger partial charge in [0, 0.05) is 12.6 Å². The van der Waals surface area contributed by atoms with Gasteiger partial charge in [0.05, 0.1) is 5.69 Å². The van der Waals surface area contributed by atoms with Crippen LogP contribution in [-0.4, -0.2) is 35.0 Å². The Hall–Kier alpha value is -2.77. The number of nitrogens with zero attached hydrogens (tertiary/aromatic N) is 1. The number of carbonyl (C=O) groups is 3. The van der Waals surface area contributed by atoms with Crippen molar-refractivity contribution in [1.29, 1.82) is 0 Å². The summed E-state index contributed by atoms with van der Waals surface area (Å²) in [6.07, 6.45) is 0. The summed E-state index contributed by atoms with van der Waals surface area (Å²) in [6, 6.07) is 2.95. The number of amides is 5. The summed E-state index contributed by atoms with van der Waals surface area (Å²) in [5, 5.41) is 16.7. The first-order valence-corrected chi connectivity index (χ1v) is 5.47. The molecule has 0 saturated carbocycles.